The van der Waals surface area contributed by atoms with Crippen LogP contribution in [0.3, 0.4) is 0 Å². The Morgan fingerprint density at radius 2 is 2.00 bits per heavy atom. The average molecular weight is 303 g/mol. The van der Waals surface area contributed by atoms with Crippen LogP contribution in [-0.4, -0.2) is 5.78 Å². The minimum absolute atomic E-state index is 0.000605. The molecule has 21 heavy (non-hydrogen) atoms. The standard InChI is InChI=1S/C17H12ClFO2/c1-2-14-16(12-5-3-4-6-15(12)21-14)17(20)11-8-7-10(18)9-13(11)19/h3-9H,2H2,1H3. The summed E-state index contributed by atoms with van der Waals surface area (Å²) in [6.45, 7) is 1.90. The zero-order valence-corrected chi connectivity index (χ0v) is 12.1. The van der Waals surface area contributed by atoms with E-state index >= 15 is 0 Å². The highest BCUT2D eigenvalue weighted by Gasteiger charge is 2.23. The van der Waals surface area contributed by atoms with Crippen molar-refractivity contribution in [2.75, 3.05) is 0 Å². The summed E-state index contributed by atoms with van der Waals surface area (Å²) in [7, 11) is 0. The molecule has 0 N–H and O–H groups in total. The number of rotatable bonds is 3. The van der Waals surface area contributed by atoms with Crippen molar-refractivity contribution in [3.8, 4) is 0 Å². The van der Waals surface area contributed by atoms with E-state index in [1.54, 1.807) is 12.1 Å². The highest BCUT2D eigenvalue weighted by Crippen LogP contribution is 2.29. The van der Waals surface area contributed by atoms with Gasteiger partial charge in [-0.3, -0.25) is 4.79 Å². The van der Waals surface area contributed by atoms with Crippen LogP contribution >= 0.6 is 11.6 Å². The topological polar surface area (TPSA) is 30.2 Å². The van der Waals surface area contributed by atoms with Crippen molar-refractivity contribution in [1.29, 1.82) is 0 Å². The number of fused-ring (bicyclic) bond motifs is 1. The van der Waals surface area contributed by atoms with Crippen LogP contribution in [0.5, 0.6) is 0 Å². The number of carbonyl (C=O) groups excluding carboxylic acids is 1. The number of furan rings is 1. The summed E-state index contributed by atoms with van der Waals surface area (Å²) in [5.74, 6) is -0.443. The third-order valence-electron chi connectivity index (χ3n) is 3.39. The molecule has 1 heterocycles. The van der Waals surface area contributed by atoms with Gasteiger partial charge in [-0.05, 0) is 24.3 Å². The van der Waals surface area contributed by atoms with E-state index in [0.717, 1.165) is 6.07 Å². The van der Waals surface area contributed by atoms with Crippen LogP contribution in [0.4, 0.5) is 4.39 Å². The molecule has 0 atom stereocenters. The number of ketones is 1. The zero-order valence-electron chi connectivity index (χ0n) is 11.3. The largest absolute Gasteiger partial charge is 0.460 e. The van der Waals surface area contributed by atoms with Gasteiger partial charge in [0.15, 0.2) is 5.78 Å². The predicted molar refractivity (Wildman–Crippen MR) is 80.4 cm³/mol. The fraction of sp³-hybridized carbons (Fsp3) is 0.118. The van der Waals surface area contributed by atoms with Gasteiger partial charge in [-0.1, -0.05) is 36.7 Å². The summed E-state index contributed by atoms with van der Waals surface area (Å²) in [6.07, 6.45) is 0.560. The number of benzene rings is 2. The van der Waals surface area contributed by atoms with Gasteiger partial charge < -0.3 is 4.42 Å². The Bertz CT molecular complexity index is 836. The van der Waals surface area contributed by atoms with E-state index in [2.05, 4.69) is 0 Å². The molecule has 0 saturated heterocycles. The minimum Gasteiger partial charge on any atom is -0.460 e. The van der Waals surface area contributed by atoms with Crippen LogP contribution in [-0.2, 0) is 6.42 Å². The van der Waals surface area contributed by atoms with Crippen LogP contribution in [0, 0.1) is 5.82 Å². The Morgan fingerprint density at radius 1 is 1.24 bits per heavy atom. The zero-order chi connectivity index (χ0) is 15.0. The molecule has 0 aliphatic rings. The van der Waals surface area contributed by atoms with E-state index in [1.165, 1.54) is 12.1 Å². The smallest absolute Gasteiger partial charge is 0.200 e. The second-order valence-corrected chi connectivity index (χ2v) is 5.14. The van der Waals surface area contributed by atoms with Crippen molar-refractivity contribution >= 4 is 28.4 Å². The summed E-state index contributed by atoms with van der Waals surface area (Å²) in [4.78, 5) is 12.7. The van der Waals surface area contributed by atoms with Crippen molar-refractivity contribution < 1.29 is 13.6 Å². The van der Waals surface area contributed by atoms with Crippen molar-refractivity contribution in [3.05, 3.63) is 70.2 Å². The molecule has 1 aromatic heterocycles. The number of para-hydroxylation sites is 1. The Labute approximate surface area is 126 Å². The first-order valence-electron chi connectivity index (χ1n) is 6.62. The average Bonchev–Trinajstić information content (AvgIpc) is 2.85. The number of hydrogen-bond acceptors (Lipinski definition) is 2. The summed E-state index contributed by atoms with van der Waals surface area (Å²) in [5, 5.41) is 0.963. The maximum absolute atomic E-state index is 14.0. The van der Waals surface area contributed by atoms with Gasteiger partial charge in [-0.2, -0.15) is 0 Å². The van der Waals surface area contributed by atoms with Gasteiger partial charge >= 0.3 is 0 Å². The molecule has 0 bridgehead atoms. The second kappa shape index (κ2) is 5.34. The molecule has 3 aromatic rings. The van der Waals surface area contributed by atoms with Crippen molar-refractivity contribution in [3.63, 3.8) is 0 Å². The molecule has 0 unspecified atom stereocenters. The minimum atomic E-state index is -0.625. The van der Waals surface area contributed by atoms with Crippen molar-refractivity contribution in [1.82, 2.24) is 0 Å². The third-order valence-corrected chi connectivity index (χ3v) is 3.63. The lowest BCUT2D eigenvalue weighted by Gasteiger charge is -2.03. The monoisotopic (exact) mass is 302 g/mol. The highest BCUT2D eigenvalue weighted by molar-refractivity contribution is 6.30. The van der Waals surface area contributed by atoms with E-state index < -0.39 is 5.82 Å². The Hall–Kier alpha value is -2.13. The van der Waals surface area contributed by atoms with Gasteiger partial charge in [0, 0.05) is 16.8 Å². The van der Waals surface area contributed by atoms with Crippen molar-refractivity contribution in [2.45, 2.75) is 13.3 Å². The lowest BCUT2D eigenvalue weighted by molar-refractivity contribution is 0.103. The predicted octanol–water partition coefficient (Wildman–Crippen LogP) is 5.02. The van der Waals surface area contributed by atoms with E-state index in [4.69, 9.17) is 16.0 Å². The fourth-order valence-electron chi connectivity index (χ4n) is 2.40. The van der Waals surface area contributed by atoms with Crippen LogP contribution in [0.15, 0.2) is 46.9 Å². The van der Waals surface area contributed by atoms with Crippen LogP contribution in [0.1, 0.15) is 28.6 Å². The molecule has 0 radical (unpaired) electrons. The van der Waals surface area contributed by atoms with Crippen LogP contribution < -0.4 is 0 Å². The molecular formula is C17H12ClFO2. The molecule has 0 aliphatic carbocycles. The maximum Gasteiger partial charge on any atom is 0.200 e. The number of halogens is 2. The Kier molecular flexibility index (Phi) is 3.52. The molecule has 0 aliphatic heterocycles. The van der Waals surface area contributed by atoms with Crippen molar-refractivity contribution in [2.24, 2.45) is 0 Å². The summed E-state index contributed by atoms with van der Waals surface area (Å²) < 4.78 is 19.7. The molecule has 2 nitrogen and oxygen atoms in total. The molecular weight excluding hydrogens is 291 g/mol. The number of hydrogen-bond donors (Lipinski definition) is 0. The van der Waals surface area contributed by atoms with Crippen LogP contribution in [0.25, 0.3) is 11.0 Å². The molecule has 4 heteroatoms. The lowest BCUT2D eigenvalue weighted by atomic mass is 9.99. The molecule has 2 aromatic carbocycles. The molecule has 106 valence electrons. The quantitative estimate of drug-likeness (QED) is 0.636. The fourth-order valence-corrected chi connectivity index (χ4v) is 2.56. The summed E-state index contributed by atoms with van der Waals surface area (Å²) in [6, 6.07) is 11.3. The summed E-state index contributed by atoms with van der Waals surface area (Å²) >= 11 is 5.73. The summed E-state index contributed by atoms with van der Waals surface area (Å²) in [5.41, 5.74) is 1.06. The van der Waals surface area contributed by atoms with Gasteiger partial charge in [0.1, 0.15) is 17.2 Å². The second-order valence-electron chi connectivity index (χ2n) is 4.70. The van der Waals surface area contributed by atoms with Gasteiger partial charge in [0.05, 0.1) is 11.1 Å². The molecule has 0 amide bonds. The van der Waals surface area contributed by atoms with E-state index in [-0.39, 0.29) is 16.4 Å². The van der Waals surface area contributed by atoms with E-state index in [0.29, 0.717) is 28.7 Å². The van der Waals surface area contributed by atoms with Gasteiger partial charge in [0.25, 0.3) is 0 Å². The molecule has 0 saturated carbocycles. The third kappa shape index (κ3) is 2.34. The van der Waals surface area contributed by atoms with Gasteiger partial charge in [-0.15, -0.1) is 0 Å². The van der Waals surface area contributed by atoms with Gasteiger partial charge in [-0.25, -0.2) is 4.39 Å². The maximum atomic E-state index is 14.0. The molecule has 0 fully saturated rings. The lowest BCUT2D eigenvalue weighted by Crippen LogP contribution is -2.06. The SMILES string of the molecule is CCc1oc2ccccc2c1C(=O)c1ccc(Cl)cc1F. The number of carbonyl (C=O) groups is 1. The first-order valence-corrected chi connectivity index (χ1v) is 6.99. The molecule has 3 rings (SSSR count). The van der Waals surface area contributed by atoms with Gasteiger partial charge in [0.2, 0.25) is 0 Å². The highest BCUT2D eigenvalue weighted by atomic mass is 35.5. The number of aryl methyl sites for hydroxylation is 1. The Morgan fingerprint density at radius 3 is 2.71 bits per heavy atom. The van der Waals surface area contributed by atoms with E-state index in [1.807, 2.05) is 19.1 Å². The normalized spacial score (nSPS) is 11.0. The van der Waals surface area contributed by atoms with Crippen LogP contribution in [0.2, 0.25) is 5.02 Å². The molecule has 0 spiro atoms. The van der Waals surface area contributed by atoms with E-state index in [9.17, 15) is 9.18 Å². The first-order chi connectivity index (χ1) is 10.1. The Balaban J connectivity index is 2.21. The first kappa shape index (κ1) is 13.8.